The summed E-state index contributed by atoms with van der Waals surface area (Å²) in [6, 6.07) is 14.0. The highest BCUT2D eigenvalue weighted by Crippen LogP contribution is 2.35. The molecule has 0 spiro atoms. The molecule has 1 aromatic heterocycles. The van der Waals surface area contributed by atoms with Gasteiger partial charge in [0.15, 0.2) is 5.69 Å². The van der Waals surface area contributed by atoms with E-state index in [4.69, 9.17) is 21.9 Å². The number of benzene rings is 2. The van der Waals surface area contributed by atoms with Crippen LogP contribution in [0.3, 0.4) is 0 Å². The lowest BCUT2D eigenvalue weighted by atomic mass is 10.2. The number of rotatable bonds is 3. The minimum absolute atomic E-state index is 0.121. The van der Waals surface area contributed by atoms with Crippen molar-refractivity contribution < 1.29 is 9.53 Å². The number of nitrogens with one attached hydrogen (secondary N) is 3. The van der Waals surface area contributed by atoms with Crippen LogP contribution in [0.4, 0.5) is 16.2 Å². The first kappa shape index (κ1) is 14.1. The van der Waals surface area contributed by atoms with Gasteiger partial charge in [-0.2, -0.15) is 5.11 Å². The predicted molar refractivity (Wildman–Crippen MR) is 84.2 cm³/mol. The predicted octanol–water partition coefficient (Wildman–Crippen LogP) is 5.09. The van der Waals surface area contributed by atoms with E-state index in [1.54, 1.807) is 30.3 Å². The molecule has 0 unspecified atom stereocenters. The summed E-state index contributed by atoms with van der Waals surface area (Å²) in [7, 11) is 0. The summed E-state index contributed by atoms with van der Waals surface area (Å²) in [5.74, 6) is 0.121. The smallest absolute Gasteiger partial charge is 0.391 e. The van der Waals surface area contributed by atoms with Crippen LogP contribution in [0.25, 0.3) is 10.9 Å². The number of ether oxygens (including phenoxy) is 1. The van der Waals surface area contributed by atoms with Gasteiger partial charge in [-0.3, -0.25) is 5.32 Å². The van der Waals surface area contributed by atoms with Gasteiger partial charge in [-0.25, -0.2) is 10.3 Å². The number of hydrogen-bond donors (Lipinski definition) is 3. The van der Waals surface area contributed by atoms with Crippen LogP contribution in [0.1, 0.15) is 0 Å². The molecule has 0 aliphatic heterocycles. The average Bonchev–Trinajstić information content (AvgIpc) is 2.83. The maximum Gasteiger partial charge on any atom is 0.418 e. The quantitative estimate of drug-likeness (QED) is 0.587. The van der Waals surface area contributed by atoms with Crippen molar-refractivity contribution in [1.29, 1.82) is 5.53 Å². The SMILES string of the molecule is N=Nc1c(OC(=O)Nc2cccc(Cl)c2)[nH]c2ccccc12. The van der Waals surface area contributed by atoms with Gasteiger partial charge in [-0.05, 0) is 24.3 Å². The standard InChI is InChI=1S/C15H11ClN4O2/c16-9-4-3-5-10(8-9)18-15(21)22-14-13(20-17)11-6-1-2-7-12(11)19-14/h1-8,17,19H,(H,18,21). The Morgan fingerprint density at radius 2 is 2.05 bits per heavy atom. The van der Waals surface area contributed by atoms with Crippen LogP contribution < -0.4 is 10.1 Å². The number of carbonyl (C=O) groups excluding carboxylic acids is 1. The third kappa shape index (κ3) is 2.77. The van der Waals surface area contributed by atoms with Crippen LogP contribution in [-0.2, 0) is 0 Å². The molecule has 0 aliphatic carbocycles. The highest BCUT2D eigenvalue weighted by molar-refractivity contribution is 6.30. The van der Waals surface area contributed by atoms with Gasteiger partial charge < -0.3 is 9.72 Å². The first-order chi connectivity index (χ1) is 10.7. The number of halogens is 1. The topological polar surface area (TPSA) is 90.3 Å². The molecule has 0 atom stereocenters. The monoisotopic (exact) mass is 314 g/mol. The molecule has 0 saturated carbocycles. The fourth-order valence-electron chi connectivity index (χ4n) is 2.09. The van der Waals surface area contributed by atoms with E-state index in [0.717, 1.165) is 5.52 Å². The van der Waals surface area contributed by atoms with E-state index in [1.807, 2.05) is 18.2 Å². The highest BCUT2D eigenvalue weighted by Gasteiger charge is 2.15. The number of hydrogen-bond acceptors (Lipinski definition) is 4. The molecule has 0 saturated heterocycles. The molecule has 3 N–H and O–H groups in total. The number of carbonyl (C=O) groups is 1. The van der Waals surface area contributed by atoms with Crippen molar-refractivity contribution in [1.82, 2.24) is 4.98 Å². The molecule has 6 nitrogen and oxygen atoms in total. The van der Waals surface area contributed by atoms with E-state index >= 15 is 0 Å². The first-order valence-corrected chi connectivity index (χ1v) is 6.78. The van der Waals surface area contributed by atoms with Crippen molar-refractivity contribution in [3.63, 3.8) is 0 Å². The molecule has 0 aliphatic rings. The molecular formula is C15H11ClN4O2. The second-order valence-corrected chi connectivity index (χ2v) is 4.92. The zero-order valence-corrected chi connectivity index (χ0v) is 12.0. The number of nitrogens with zero attached hydrogens (tertiary/aromatic N) is 1. The van der Waals surface area contributed by atoms with Crippen LogP contribution >= 0.6 is 11.6 Å². The molecule has 3 rings (SSSR count). The van der Waals surface area contributed by atoms with Crippen LogP contribution in [0.15, 0.2) is 53.6 Å². The molecule has 1 amide bonds. The van der Waals surface area contributed by atoms with Gasteiger partial charge in [-0.1, -0.05) is 35.9 Å². The molecule has 0 fully saturated rings. The lowest BCUT2D eigenvalue weighted by Gasteiger charge is -2.05. The van der Waals surface area contributed by atoms with Crippen LogP contribution in [0.5, 0.6) is 5.88 Å². The maximum atomic E-state index is 11.9. The van der Waals surface area contributed by atoms with Crippen molar-refractivity contribution in [2.45, 2.75) is 0 Å². The van der Waals surface area contributed by atoms with E-state index < -0.39 is 6.09 Å². The second kappa shape index (κ2) is 5.87. The van der Waals surface area contributed by atoms with Gasteiger partial charge in [0, 0.05) is 16.1 Å². The Balaban J connectivity index is 1.83. The number of H-pyrrole nitrogens is 1. The van der Waals surface area contributed by atoms with Gasteiger partial charge in [0.1, 0.15) is 0 Å². The summed E-state index contributed by atoms with van der Waals surface area (Å²) < 4.78 is 5.20. The molecule has 2 aromatic carbocycles. The Bertz CT molecular complexity index is 860. The molecule has 110 valence electrons. The van der Waals surface area contributed by atoms with Gasteiger partial charge in [0.05, 0.1) is 5.52 Å². The number of fused-ring (bicyclic) bond motifs is 1. The Hall–Kier alpha value is -2.86. The summed E-state index contributed by atoms with van der Waals surface area (Å²) in [5.41, 5.74) is 8.77. The fraction of sp³-hybridized carbons (Fsp3) is 0. The molecule has 1 heterocycles. The number of aromatic amines is 1. The first-order valence-electron chi connectivity index (χ1n) is 6.40. The van der Waals surface area contributed by atoms with E-state index in [0.29, 0.717) is 16.1 Å². The van der Waals surface area contributed by atoms with E-state index in [2.05, 4.69) is 15.4 Å². The largest absolute Gasteiger partial charge is 0.418 e. The van der Waals surface area contributed by atoms with Crippen molar-refractivity contribution in [3.8, 4) is 5.88 Å². The van der Waals surface area contributed by atoms with Crippen LogP contribution in [0, 0.1) is 5.53 Å². The Morgan fingerprint density at radius 1 is 1.23 bits per heavy atom. The lowest BCUT2D eigenvalue weighted by molar-refractivity contribution is 0.214. The van der Waals surface area contributed by atoms with Gasteiger partial charge in [0.2, 0.25) is 5.88 Å². The number of aromatic nitrogens is 1. The van der Waals surface area contributed by atoms with Gasteiger partial charge >= 0.3 is 6.09 Å². The van der Waals surface area contributed by atoms with Gasteiger partial charge in [-0.15, -0.1) is 0 Å². The fourth-order valence-corrected chi connectivity index (χ4v) is 2.28. The number of anilines is 1. The lowest BCUT2D eigenvalue weighted by Crippen LogP contribution is -2.16. The normalized spacial score (nSPS) is 10.4. The summed E-state index contributed by atoms with van der Waals surface area (Å²) in [6.45, 7) is 0. The maximum absolute atomic E-state index is 11.9. The van der Waals surface area contributed by atoms with Gasteiger partial charge in [0.25, 0.3) is 0 Å². The van der Waals surface area contributed by atoms with E-state index in [-0.39, 0.29) is 11.6 Å². The Morgan fingerprint density at radius 3 is 2.82 bits per heavy atom. The third-order valence-corrected chi connectivity index (χ3v) is 3.26. The van der Waals surface area contributed by atoms with E-state index in [9.17, 15) is 4.79 Å². The molecule has 7 heteroatoms. The Labute approximate surface area is 130 Å². The summed E-state index contributed by atoms with van der Waals surface area (Å²) in [5, 5.41) is 7.20. The van der Waals surface area contributed by atoms with E-state index in [1.165, 1.54) is 0 Å². The summed E-state index contributed by atoms with van der Waals surface area (Å²) >= 11 is 5.85. The van der Waals surface area contributed by atoms with Crippen molar-refractivity contribution in [2.24, 2.45) is 5.11 Å². The highest BCUT2D eigenvalue weighted by atomic mass is 35.5. The summed E-state index contributed by atoms with van der Waals surface area (Å²) in [4.78, 5) is 14.9. The number of para-hydroxylation sites is 1. The van der Waals surface area contributed by atoms with Crippen molar-refractivity contribution >= 4 is 40.0 Å². The second-order valence-electron chi connectivity index (χ2n) is 4.48. The molecule has 0 radical (unpaired) electrons. The number of amides is 1. The summed E-state index contributed by atoms with van der Waals surface area (Å²) in [6.07, 6.45) is -0.696. The Kier molecular flexibility index (Phi) is 3.76. The minimum atomic E-state index is -0.696. The third-order valence-electron chi connectivity index (χ3n) is 3.02. The minimum Gasteiger partial charge on any atom is -0.391 e. The van der Waals surface area contributed by atoms with Crippen molar-refractivity contribution in [3.05, 3.63) is 53.6 Å². The van der Waals surface area contributed by atoms with Crippen LogP contribution in [0.2, 0.25) is 5.02 Å². The average molecular weight is 315 g/mol. The zero-order valence-electron chi connectivity index (χ0n) is 11.3. The van der Waals surface area contributed by atoms with Crippen LogP contribution in [-0.4, -0.2) is 11.1 Å². The van der Waals surface area contributed by atoms with Crippen molar-refractivity contribution in [2.75, 3.05) is 5.32 Å². The molecule has 22 heavy (non-hydrogen) atoms. The molecular weight excluding hydrogens is 304 g/mol. The molecule has 0 bridgehead atoms. The zero-order chi connectivity index (χ0) is 15.5. The molecule has 3 aromatic rings.